The third-order valence-electron chi connectivity index (χ3n) is 12.4. The van der Waals surface area contributed by atoms with E-state index in [0.29, 0.717) is 13.0 Å². The minimum Gasteiger partial charge on any atom is -0.457 e. The van der Waals surface area contributed by atoms with Crippen LogP contribution in [-0.4, -0.2) is 142 Å². The molecule has 11 unspecified atom stereocenters. The number of carbonyl (C=O) groups is 1. The topological polar surface area (TPSA) is 214 Å². The minimum atomic E-state index is -1.70. The van der Waals surface area contributed by atoms with E-state index in [1.165, 1.54) is 135 Å². The van der Waals surface area contributed by atoms with Crippen LogP contribution in [0.2, 0.25) is 0 Å². The molecule has 2 heterocycles. The monoisotopic (exact) mass is 893 g/mol. The Labute approximate surface area is 374 Å². The van der Waals surface area contributed by atoms with Gasteiger partial charge in [-0.3, -0.25) is 4.79 Å². The lowest BCUT2D eigenvalue weighted by molar-refractivity contribution is -0.332. The van der Waals surface area contributed by atoms with E-state index in [9.17, 15) is 40.5 Å². The van der Waals surface area contributed by atoms with E-state index in [2.05, 4.69) is 13.8 Å². The summed E-state index contributed by atoms with van der Waals surface area (Å²) in [6.45, 7) is 3.59. The molecule has 2 fully saturated rings. The lowest BCUT2D eigenvalue weighted by atomic mass is 9.98. The summed E-state index contributed by atoms with van der Waals surface area (Å²) < 4.78 is 34.0. The first-order chi connectivity index (χ1) is 30.1. The van der Waals surface area contributed by atoms with Crippen molar-refractivity contribution >= 4 is 5.97 Å². The lowest BCUT2D eigenvalue weighted by Crippen LogP contribution is -2.61. The Morgan fingerprint density at radius 3 is 1.31 bits per heavy atom. The molecular formula is C48H92O14. The predicted molar refractivity (Wildman–Crippen MR) is 238 cm³/mol. The Balaban J connectivity index is 1.59. The maximum absolute atomic E-state index is 12.7. The molecule has 2 aliphatic heterocycles. The van der Waals surface area contributed by atoms with Crippen LogP contribution in [0.5, 0.6) is 0 Å². The molecule has 0 bridgehead atoms. The summed E-state index contributed by atoms with van der Waals surface area (Å²) in [5.74, 6) is -0.389. The number of rotatable bonds is 40. The van der Waals surface area contributed by atoms with Crippen molar-refractivity contribution in [3.8, 4) is 0 Å². The van der Waals surface area contributed by atoms with Crippen LogP contribution in [0.25, 0.3) is 0 Å². The molecule has 0 saturated carbocycles. The lowest BCUT2D eigenvalue weighted by Gasteiger charge is -2.42. The maximum Gasteiger partial charge on any atom is 0.306 e. The minimum absolute atomic E-state index is 0.0672. The normalized spacial score (nSPS) is 27.1. The second-order valence-electron chi connectivity index (χ2n) is 18.0. The van der Waals surface area contributed by atoms with Gasteiger partial charge in [0.2, 0.25) is 0 Å². The fourth-order valence-corrected chi connectivity index (χ4v) is 8.23. The largest absolute Gasteiger partial charge is 0.457 e. The smallest absolute Gasteiger partial charge is 0.306 e. The molecule has 0 amide bonds. The zero-order valence-corrected chi connectivity index (χ0v) is 38.9. The zero-order chi connectivity index (χ0) is 45.2. The van der Waals surface area contributed by atoms with Gasteiger partial charge in [-0.2, -0.15) is 0 Å². The van der Waals surface area contributed by atoms with E-state index in [1.54, 1.807) is 0 Å². The number of hydrogen-bond acceptors (Lipinski definition) is 14. The Hall–Kier alpha value is -1.01. The number of carbonyl (C=O) groups excluding carboxylic acids is 1. The first kappa shape index (κ1) is 57.1. The summed E-state index contributed by atoms with van der Waals surface area (Å²) in [7, 11) is 0. The highest BCUT2D eigenvalue weighted by molar-refractivity contribution is 5.69. The van der Waals surface area contributed by atoms with E-state index in [4.69, 9.17) is 28.4 Å². The van der Waals surface area contributed by atoms with Crippen LogP contribution < -0.4 is 0 Å². The summed E-state index contributed by atoms with van der Waals surface area (Å²) in [4.78, 5) is 12.7. The van der Waals surface area contributed by atoms with E-state index in [0.717, 1.165) is 38.5 Å². The van der Waals surface area contributed by atoms with Crippen LogP contribution in [0.4, 0.5) is 0 Å². The van der Waals surface area contributed by atoms with Crippen LogP contribution in [0, 0.1) is 0 Å². The van der Waals surface area contributed by atoms with Crippen LogP contribution >= 0.6 is 0 Å². The average molecular weight is 893 g/mol. The van der Waals surface area contributed by atoms with E-state index < -0.39 is 80.7 Å². The second kappa shape index (κ2) is 37.1. The molecular weight excluding hydrogens is 801 g/mol. The van der Waals surface area contributed by atoms with Gasteiger partial charge in [0.25, 0.3) is 0 Å². The Bertz CT molecular complexity index is 1040. The summed E-state index contributed by atoms with van der Waals surface area (Å²) in [6, 6.07) is 0. The van der Waals surface area contributed by atoms with Gasteiger partial charge in [0.15, 0.2) is 12.6 Å². The SMILES string of the molecule is CCCCCCCCCCCCCCCCCCCCCCCCCCOCC(COC1OC(COC2OC(CO)C(O)C(O)C2O)C(O)C(O)C1O)OC(=O)CCCCCC. The van der Waals surface area contributed by atoms with E-state index in [1.807, 2.05) is 0 Å². The van der Waals surface area contributed by atoms with Crippen molar-refractivity contribution in [2.24, 2.45) is 0 Å². The number of unbranched alkanes of at least 4 members (excludes halogenated alkanes) is 26. The number of hydrogen-bond donors (Lipinski definition) is 7. The molecule has 11 atom stereocenters. The number of aliphatic hydroxyl groups excluding tert-OH is 7. The zero-order valence-electron chi connectivity index (χ0n) is 38.9. The van der Waals surface area contributed by atoms with Gasteiger partial charge >= 0.3 is 5.97 Å². The second-order valence-corrected chi connectivity index (χ2v) is 18.0. The van der Waals surface area contributed by atoms with Crippen molar-refractivity contribution in [3.63, 3.8) is 0 Å². The van der Waals surface area contributed by atoms with Gasteiger partial charge in [-0.25, -0.2) is 0 Å². The fourth-order valence-electron chi connectivity index (χ4n) is 8.23. The van der Waals surface area contributed by atoms with Crippen molar-refractivity contribution < 1.29 is 69.0 Å². The van der Waals surface area contributed by atoms with Crippen molar-refractivity contribution in [2.75, 3.05) is 33.0 Å². The third-order valence-corrected chi connectivity index (χ3v) is 12.4. The number of ether oxygens (including phenoxy) is 6. The predicted octanol–water partition coefficient (Wildman–Crippen LogP) is 6.91. The Morgan fingerprint density at radius 1 is 0.468 bits per heavy atom. The van der Waals surface area contributed by atoms with Gasteiger partial charge < -0.3 is 64.2 Å². The third kappa shape index (κ3) is 25.0. The highest BCUT2D eigenvalue weighted by Gasteiger charge is 2.47. The molecule has 7 N–H and O–H groups in total. The molecule has 0 aromatic heterocycles. The van der Waals surface area contributed by atoms with Crippen LogP contribution in [-0.2, 0) is 33.2 Å². The molecule has 0 radical (unpaired) electrons. The summed E-state index contributed by atoms with van der Waals surface area (Å²) in [6.07, 6.45) is 19.8. The highest BCUT2D eigenvalue weighted by atomic mass is 16.7. The molecule has 62 heavy (non-hydrogen) atoms. The Kier molecular flexibility index (Phi) is 34.2. The van der Waals surface area contributed by atoms with E-state index >= 15 is 0 Å². The molecule has 2 aliphatic rings. The number of esters is 1. The molecule has 368 valence electrons. The van der Waals surface area contributed by atoms with Crippen LogP contribution in [0.1, 0.15) is 200 Å². The molecule has 0 aromatic carbocycles. The first-order valence-corrected chi connectivity index (χ1v) is 25.1. The molecule has 2 rings (SSSR count). The molecule has 0 aromatic rings. The number of aliphatic hydroxyl groups is 7. The van der Waals surface area contributed by atoms with Gasteiger partial charge in [0.05, 0.1) is 26.4 Å². The van der Waals surface area contributed by atoms with Gasteiger partial charge in [0, 0.05) is 13.0 Å². The molecule has 0 spiro atoms. The van der Waals surface area contributed by atoms with Gasteiger partial charge in [-0.05, 0) is 12.8 Å². The van der Waals surface area contributed by atoms with E-state index in [-0.39, 0.29) is 25.6 Å². The van der Waals surface area contributed by atoms with Crippen molar-refractivity contribution in [1.29, 1.82) is 0 Å². The van der Waals surface area contributed by atoms with Crippen molar-refractivity contribution in [3.05, 3.63) is 0 Å². The van der Waals surface area contributed by atoms with Crippen LogP contribution in [0.15, 0.2) is 0 Å². The summed E-state index contributed by atoms with van der Waals surface area (Å²) in [5, 5.41) is 71.7. The van der Waals surface area contributed by atoms with Gasteiger partial charge in [0.1, 0.15) is 54.9 Å². The van der Waals surface area contributed by atoms with Crippen LogP contribution in [0.3, 0.4) is 0 Å². The standard InChI is InChI=1S/C48H92O14/c1-3-5-7-9-10-11-12-13-14-15-16-17-18-19-20-21-22-23-24-25-26-27-28-30-32-57-34-37(60-40(50)31-29-8-6-4-2)35-58-47-46(56)44(54)42(52)39(62-47)36-59-48-45(55)43(53)41(51)38(33-49)61-48/h37-39,41-49,51-56H,3-36H2,1-2H3. The molecule has 14 nitrogen and oxygen atoms in total. The fraction of sp³-hybridized carbons (Fsp3) is 0.979. The Morgan fingerprint density at radius 2 is 0.855 bits per heavy atom. The summed E-state index contributed by atoms with van der Waals surface area (Å²) >= 11 is 0. The van der Waals surface area contributed by atoms with Gasteiger partial charge in [-0.15, -0.1) is 0 Å². The van der Waals surface area contributed by atoms with Crippen molar-refractivity contribution in [2.45, 2.75) is 268 Å². The maximum atomic E-state index is 12.7. The van der Waals surface area contributed by atoms with Gasteiger partial charge in [-0.1, -0.05) is 181 Å². The highest BCUT2D eigenvalue weighted by Crippen LogP contribution is 2.26. The quantitative estimate of drug-likeness (QED) is 0.0246. The average Bonchev–Trinajstić information content (AvgIpc) is 3.27. The molecule has 14 heteroatoms. The molecule has 0 aliphatic carbocycles. The van der Waals surface area contributed by atoms with Crippen molar-refractivity contribution in [1.82, 2.24) is 0 Å². The first-order valence-electron chi connectivity index (χ1n) is 25.1. The molecule has 2 saturated heterocycles. The summed E-state index contributed by atoms with van der Waals surface area (Å²) in [5.41, 5.74) is 0.